The van der Waals surface area contributed by atoms with E-state index < -0.39 is 34.6 Å². The molecule has 7 nitrogen and oxygen atoms in total. The Balaban J connectivity index is 1.86. The van der Waals surface area contributed by atoms with Crippen LogP contribution in [-0.4, -0.2) is 66.8 Å². The molecule has 1 aromatic carbocycles. The molecule has 3 heterocycles. The first-order chi connectivity index (χ1) is 18.1. The van der Waals surface area contributed by atoms with E-state index in [0.29, 0.717) is 28.7 Å². The second kappa shape index (κ2) is 10.5. The maximum absolute atomic E-state index is 14.9. The summed E-state index contributed by atoms with van der Waals surface area (Å²) in [7, 11) is 7.32. The molecular weight excluding hydrogens is 506 g/mol. The number of benzene rings is 1. The second-order valence-electron chi connectivity index (χ2n) is 11.5. The lowest BCUT2D eigenvalue weighted by molar-refractivity contribution is -0.131. The van der Waals surface area contributed by atoms with Crippen molar-refractivity contribution in [3.63, 3.8) is 0 Å². The number of halogens is 3. The maximum atomic E-state index is 14.9. The van der Waals surface area contributed by atoms with Crippen molar-refractivity contribution in [1.82, 2.24) is 19.4 Å². The van der Waals surface area contributed by atoms with Crippen LogP contribution in [0.2, 0.25) is 0 Å². The van der Waals surface area contributed by atoms with E-state index in [1.807, 2.05) is 30.5 Å². The molecule has 3 aromatic rings. The Kier molecular flexibility index (Phi) is 7.77. The van der Waals surface area contributed by atoms with Crippen LogP contribution in [0.15, 0.2) is 35.4 Å². The number of hydrogen-bond donors (Lipinski definition) is 0. The van der Waals surface area contributed by atoms with Crippen molar-refractivity contribution in [2.24, 2.45) is 7.05 Å². The summed E-state index contributed by atoms with van der Waals surface area (Å²) in [6.07, 6.45) is -0.929. The molecule has 1 aliphatic rings. The normalized spacial score (nSPS) is 20.6. The Morgan fingerprint density at radius 3 is 2.51 bits per heavy atom. The minimum absolute atomic E-state index is 0.106. The quantitative estimate of drug-likeness (QED) is 0.422. The summed E-state index contributed by atoms with van der Waals surface area (Å²) < 4.78 is 49.6. The molecule has 13 heteroatoms. The summed E-state index contributed by atoms with van der Waals surface area (Å²) in [6.45, 7) is 5.39. The Bertz CT molecular complexity index is 1480. The number of pyridine rings is 1. The van der Waals surface area contributed by atoms with E-state index in [4.69, 9.17) is 4.74 Å². The number of carbonyl (C=O) groups is 1. The molecule has 0 N–H and O–H groups in total. The minimum atomic E-state index is -2.92. The van der Waals surface area contributed by atoms with Crippen LogP contribution < -0.4 is 5.56 Å². The van der Waals surface area contributed by atoms with Crippen LogP contribution in [0.25, 0.3) is 11.0 Å². The van der Waals surface area contributed by atoms with Gasteiger partial charge in [0.1, 0.15) is 46.9 Å². The number of aryl methyl sites for hydroxylation is 1. The van der Waals surface area contributed by atoms with Crippen molar-refractivity contribution in [2.45, 2.75) is 62.9 Å². The third-order valence-electron chi connectivity index (χ3n) is 7.39. The van der Waals surface area contributed by atoms with Gasteiger partial charge in [0.05, 0.1) is 23.4 Å². The molecule has 1 unspecified atom stereocenters. The van der Waals surface area contributed by atoms with Crippen molar-refractivity contribution in [2.75, 3.05) is 6.54 Å². The standard InChI is InChI=1S/C26H32B3F3N4O3/c1-13(16-6-5-7-17(21(16)30)22(31)32)8-20-18-9-19(24(38)35(4)23(18)34-12-33-20)25(39-26(27,28)29)10-14(2)36(11-25)15(3)37/h5-7,9,12-14,22H,8,10-11,27-29H2,1-4H3/t13-,14+,25?/m0/s1. The smallest absolute Gasteiger partial charge is 0.266 e. The molecule has 0 radical (unpaired) electrons. The van der Waals surface area contributed by atoms with Gasteiger partial charge in [0, 0.05) is 31.8 Å². The predicted octanol–water partition coefficient (Wildman–Crippen LogP) is 1.11. The topological polar surface area (TPSA) is 77.3 Å². The van der Waals surface area contributed by atoms with Crippen LogP contribution in [0.5, 0.6) is 0 Å². The summed E-state index contributed by atoms with van der Waals surface area (Å²) in [5, 5.41) is -0.0396. The number of likely N-dealkylation sites (tertiary alicyclic amines) is 1. The van der Waals surface area contributed by atoms with E-state index in [-0.39, 0.29) is 36.0 Å². The Morgan fingerprint density at radius 2 is 1.92 bits per heavy atom. The molecule has 0 aliphatic carbocycles. The van der Waals surface area contributed by atoms with Gasteiger partial charge in [-0.1, -0.05) is 25.1 Å². The third-order valence-corrected chi connectivity index (χ3v) is 7.39. The first kappa shape index (κ1) is 28.9. The van der Waals surface area contributed by atoms with E-state index in [2.05, 4.69) is 9.97 Å². The highest BCUT2D eigenvalue weighted by molar-refractivity contribution is 6.58. The molecule has 1 saturated heterocycles. The monoisotopic (exact) mass is 538 g/mol. The largest absolute Gasteiger partial charge is 0.387 e. The van der Waals surface area contributed by atoms with Gasteiger partial charge >= 0.3 is 0 Å². The van der Waals surface area contributed by atoms with E-state index in [9.17, 15) is 22.8 Å². The summed E-state index contributed by atoms with van der Waals surface area (Å²) in [6, 6.07) is 5.58. The average Bonchev–Trinajstić information content (AvgIpc) is 3.16. The number of fused-ring (bicyclic) bond motifs is 1. The van der Waals surface area contributed by atoms with E-state index in [1.165, 1.54) is 30.0 Å². The van der Waals surface area contributed by atoms with Crippen LogP contribution in [0.3, 0.4) is 0 Å². The number of nitrogens with zero attached hydrogens (tertiary/aromatic N) is 4. The molecule has 1 aliphatic heterocycles. The molecular formula is C26H32B3F3N4O3. The van der Waals surface area contributed by atoms with Crippen molar-refractivity contribution in [3.05, 3.63) is 69.1 Å². The number of aromatic nitrogens is 3. The Morgan fingerprint density at radius 1 is 1.26 bits per heavy atom. The Labute approximate surface area is 228 Å². The van der Waals surface area contributed by atoms with Crippen LogP contribution in [-0.2, 0) is 28.6 Å². The number of hydrogen-bond acceptors (Lipinski definition) is 5. The van der Waals surface area contributed by atoms with Crippen molar-refractivity contribution in [3.8, 4) is 0 Å². The number of amides is 1. The van der Waals surface area contributed by atoms with Crippen LogP contribution in [0.1, 0.15) is 61.9 Å². The lowest BCUT2D eigenvalue weighted by Crippen LogP contribution is -2.49. The highest BCUT2D eigenvalue weighted by Gasteiger charge is 2.49. The Hall–Kier alpha value is -3.08. The van der Waals surface area contributed by atoms with Gasteiger partial charge in [0.25, 0.3) is 12.0 Å². The fraction of sp³-hybridized carbons (Fsp3) is 0.462. The number of carbonyl (C=O) groups excluding carboxylic acids is 1. The van der Waals surface area contributed by atoms with Crippen LogP contribution in [0.4, 0.5) is 13.2 Å². The van der Waals surface area contributed by atoms with Gasteiger partial charge in [0.15, 0.2) is 0 Å². The lowest BCUT2D eigenvalue weighted by atomic mass is 9.52. The zero-order valence-electron chi connectivity index (χ0n) is 23.4. The number of rotatable bonds is 7. The first-order valence-corrected chi connectivity index (χ1v) is 13.0. The molecule has 1 fully saturated rings. The summed E-state index contributed by atoms with van der Waals surface area (Å²) in [5.41, 5.74) is -0.505. The van der Waals surface area contributed by atoms with Gasteiger partial charge in [-0.25, -0.2) is 23.1 Å². The van der Waals surface area contributed by atoms with Crippen molar-refractivity contribution >= 4 is 40.5 Å². The summed E-state index contributed by atoms with van der Waals surface area (Å²) >= 11 is 0. The van der Waals surface area contributed by atoms with E-state index in [1.54, 1.807) is 24.9 Å². The van der Waals surface area contributed by atoms with Gasteiger partial charge in [0.2, 0.25) is 5.91 Å². The van der Waals surface area contributed by atoms with Gasteiger partial charge in [-0.3, -0.25) is 14.2 Å². The van der Waals surface area contributed by atoms with Gasteiger partial charge in [-0.15, -0.1) is 0 Å². The fourth-order valence-electron chi connectivity index (χ4n) is 5.74. The average molecular weight is 538 g/mol. The highest BCUT2D eigenvalue weighted by Crippen LogP contribution is 2.41. The molecule has 39 heavy (non-hydrogen) atoms. The van der Waals surface area contributed by atoms with Crippen LogP contribution in [0, 0.1) is 5.82 Å². The maximum Gasteiger partial charge on any atom is 0.266 e. The zero-order valence-corrected chi connectivity index (χ0v) is 23.4. The zero-order chi connectivity index (χ0) is 28.9. The van der Waals surface area contributed by atoms with Crippen molar-refractivity contribution in [1.29, 1.82) is 0 Å². The van der Waals surface area contributed by atoms with E-state index >= 15 is 0 Å². The first-order valence-electron chi connectivity index (χ1n) is 13.0. The molecule has 4 rings (SSSR count). The molecule has 3 atom stereocenters. The van der Waals surface area contributed by atoms with Gasteiger partial charge in [-0.2, -0.15) is 0 Å². The fourth-order valence-corrected chi connectivity index (χ4v) is 5.74. The molecule has 2 aromatic heterocycles. The van der Waals surface area contributed by atoms with Gasteiger partial charge in [-0.05, 0) is 36.2 Å². The predicted molar refractivity (Wildman–Crippen MR) is 151 cm³/mol. The third kappa shape index (κ3) is 5.51. The molecule has 0 saturated carbocycles. The second-order valence-corrected chi connectivity index (χ2v) is 11.5. The number of alkyl halides is 2. The van der Waals surface area contributed by atoms with Gasteiger partial charge < -0.3 is 9.64 Å². The SMILES string of the molecule is BC(B)(B)OC1(c2cc3c(C[C@H](C)c4cccc(C(F)F)c4F)ncnc3n(C)c2=O)C[C@@H](C)N(C(C)=O)C1. The molecule has 1 amide bonds. The molecule has 0 bridgehead atoms. The number of ether oxygens (including phenoxy) is 1. The summed E-state index contributed by atoms with van der Waals surface area (Å²) in [4.78, 5) is 36.6. The minimum Gasteiger partial charge on any atom is -0.387 e. The molecule has 0 spiro atoms. The van der Waals surface area contributed by atoms with Crippen molar-refractivity contribution < 1.29 is 22.7 Å². The summed E-state index contributed by atoms with van der Waals surface area (Å²) in [5.74, 6) is -1.51. The lowest BCUT2D eigenvalue weighted by Gasteiger charge is -2.37. The molecule has 204 valence electrons. The highest BCUT2D eigenvalue weighted by atomic mass is 19.3. The van der Waals surface area contributed by atoms with Crippen LogP contribution >= 0.6 is 0 Å². The van der Waals surface area contributed by atoms with E-state index in [0.717, 1.165) is 6.07 Å².